The number of likely N-dealkylation sites (tertiary alicyclic amines) is 1. The van der Waals surface area contributed by atoms with Gasteiger partial charge in [-0.25, -0.2) is 0 Å². The van der Waals surface area contributed by atoms with Crippen molar-refractivity contribution in [2.24, 2.45) is 5.41 Å². The lowest BCUT2D eigenvalue weighted by atomic mass is 9.72. The molecule has 1 aliphatic carbocycles. The Morgan fingerprint density at radius 2 is 2.00 bits per heavy atom. The van der Waals surface area contributed by atoms with E-state index in [1.54, 1.807) is 0 Å². The van der Waals surface area contributed by atoms with Crippen LogP contribution in [0, 0.1) is 5.41 Å². The van der Waals surface area contributed by atoms with Crippen LogP contribution in [-0.2, 0) is 11.2 Å². The molecule has 1 aromatic carbocycles. The van der Waals surface area contributed by atoms with Gasteiger partial charge >= 0.3 is 0 Å². The largest absolute Gasteiger partial charge is 0.399 e. The topological polar surface area (TPSA) is 38.5 Å². The number of rotatable bonds is 1. The zero-order valence-electron chi connectivity index (χ0n) is 11.4. The van der Waals surface area contributed by atoms with Gasteiger partial charge in [0.1, 0.15) is 0 Å². The summed E-state index contributed by atoms with van der Waals surface area (Å²) in [5.74, 6) is 0. The molecule has 0 bridgehead atoms. The fraction of sp³-hybridized carbons (Fsp3) is 0.625. The van der Waals surface area contributed by atoms with Crippen LogP contribution in [0.3, 0.4) is 0 Å². The van der Waals surface area contributed by atoms with Gasteiger partial charge in [0.15, 0.2) is 0 Å². The van der Waals surface area contributed by atoms with Crippen molar-refractivity contribution in [2.75, 3.05) is 32.0 Å². The predicted molar refractivity (Wildman–Crippen MR) is 76.0 cm³/mol. The lowest BCUT2D eigenvalue weighted by molar-refractivity contribution is -0.0977. The van der Waals surface area contributed by atoms with Crippen LogP contribution in [0.1, 0.15) is 36.4 Å². The summed E-state index contributed by atoms with van der Waals surface area (Å²) >= 11 is 0. The summed E-state index contributed by atoms with van der Waals surface area (Å²) in [6.07, 6.45) is 4.97. The third kappa shape index (κ3) is 1.87. The van der Waals surface area contributed by atoms with Crippen LogP contribution in [0.4, 0.5) is 5.69 Å². The van der Waals surface area contributed by atoms with E-state index >= 15 is 0 Å². The molecule has 3 aliphatic rings. The zero-order valence-corrected chi connectivity index (χ0v) is 11.4. The van der Waals surface area contributed by atoms with Crippen LogP contribution >= 0.6 is 0 Å². The molecule has 1 atom stereocenters. The highest BCUT2D eigenvalue weighted by Gasteiger charge is 2.47. The SMILES string of the molecule is Nc1ccc2c(c1)CCC2N1CC2(CCOCC2)C1. The molecule has 2 N–H and O–H groups in total. The molecule has 102 valence electrons. The van der Waals surface area contributed by atoms with Crippen molar-refractivity contribution in [3.8, 4) is 0 Å². The normalized spacial score (nSPS) is 29.2. The molecule has 2 aliphatic heterocycles. The number of aryl methyl sites for hydroxylation is 1. The first-order valence-electron chi connectivity index (χ1n) is 7.46. The van der Waals surface area contributed by atoms with Crippen LogP contribution in [-0.4, -0.2) is 31.2 Å². The van der Waals surface area contributed by atoms with E-state index in [0.717, 1.165) is 18.9 Å². The maximum atomic E-state index is 5.88. The van der Waals surface area contributed by atoms with E-state index in [4.69, 9.17) is 10.5 Å². The van der Waals surface area contributed by atoms with Crippen molar-refractivity contribution in [2.45, 2.75) is 31.7 Å². The zero-order chi connectivity index (χ0) is 12.9. The molecule has 19 heavy (non-hydrogen) atoms. The Labute approximate surface area is 114 Å². The van der Waals surface area contributed by atoms with Gasteiger partial charge in [-0.05, 0) is 48.9 Å². The minimum atomic E-state index is 0.578. The molecule has 0 amide bonds. The second-order valence-electron chi connectivity index (χ2n) is 6.53. The third-order valence-corrected chi connectivity index (χ3v) is 5.28. The van der Waals surface area contributed by atoms with E-state index in [0.29, 0.717) is 11.5 Å². The summed E-state index contributed by atoms with van der Waals surface area (Å²) < 4.78 is 5.50. The van der Waals surface area contributed by atoms with Crippen molar-refractivity contribution in [3.63, 3.8) is 0 Å². The van der Waals surface area contributed by atoms with Gasteiger partial charge < -0.3 is 10.5 Å². The number of ether oxygens (including phenoxy) is 1. The monoisotopic (exact) mass is 258 g/mol. The molecule has 3 heteroatoms. The first kappa shape index (κ1) is 11.7. The number of benzene rings is 1. The number of nitrogen functional groups attached to an aromatic ring is 1. The second-order valence-corrected chi connectivity index (χ2v) is 6.53. The molecule has 1 spiro atoms. The van der Waals surface area contributed by atoms with Gasteiger partial charge in [0.25, 0.3) is 0 Å². The van der Waals surface area contributed by atoms with E-state index < -0.39 is 0 Å². The Bertz CT molecular complexity index is 486. The minimum absolute atomic E-state index is 0.578. The Balaban J connectivity index is 1.49. The van der Waals surface area contributed by atoms with Gasteiger partial charge in [-0.15, -0.1) is 0 Å². The highest BCUT2D eigenvalue weighted by molar-refractivity contribution is 5.48. The standard InChI is InChI=1S/C16H22N2O/c17-13-2-3-14-12(9-13)1-4-15(14)18-10-16(11-18)5-7-19-8-6-16/h2-3,9,15H,1,4-8,10-11,17H2. The van der Waals surface area contributed by atoms with Crippen molar-refractivity contribution in [3.05, 3.63) is 29.3 Å². The number of fused-ring (bicyclic) bond motifs is 1. The highest BCUT2D eigenvalue weighted by atomic mass is 16.5. The number of nitrogens with two attached hydrogens (primary N) is 1. The van der Waals surface area contributed by atoms with E-state index in [-0.39, 0.29) is 0 Å². The fourth-order valence-electron chi connectivity index (χ4n) is 4.15. The van der Waals surface area contributed by atoms with Crippen LogP contribution in [0.15, 0.2) is 18.2 Å². The second kappa shape index (κ2) is 4.22. The van der Waals surface area contributed by atoms with Crippen molar-refractivity contribution < 1.29 is 4.74 Å². The van der Waals surface area contributed by atoms with Gasteiger partial charge in [0.05, 0.1) is 0 Å². The smallest absolute Gasteiger partial charge is 0.0472 e. The first-order valence-corrected chi connectivity index (χ1v) is 7.46. The molecule has 1 unspecified atom stereocenters. The average Bonchev–Trinajstić information content (AvgIpc) is 2.79. The molecule has 3 nitrogen and oxygen atoms in total. The maximum absolute atomic E-state index is 5.88. The molecule has 4 rings (SSSR count). The Hall–Kier alpha value is -1.06. The fourth-order valence-corrected chi connectivity index (χ4v) is 4.15. The van der Waals surface area contributed by atoms with E-state index in [1.807, 2.05) is 0 Å². The van der Waals surface area contributed by atoms with Crippen molar-refractivity contribution in [1.82, 2.24) is 4.90 Å². The van der Waals surface area contributed by atoms with Crippen LogP contribution in [0.2, 0.25) is 0 Å². The van der Waals surface area contributed by atoms with Crippen LogP contribution in [0.5, 0.6) is 0 Å². The summed E-state index contributed by atoms with van der Waals surface area (Å²) in [5.41, 5.74) is 10.4. The van der Waals surface area contributed by atoms with Gasteiger partial charge in [0, 0.05) is 43.4 Å². The van der Waals surface area contributed by atoms with Crippen LogP contribution < -0.4 is 5.73 Å². The van der Waals surface area contributed by atoms with E-state index in [2.05, 4.69) is 23.1 Å². The first-order chi connectivity index (χ1) is 9.26. The number of anilines is 1. The number of hydrogen-bond donors (Lipinski definition) is 1. The molecule has 1 aromatic rings. The summed E-state index contributed by atoms with van der Waals surface area (Å²) in [6.45, 7) is 4.47. The molecule has 2 saturated heterocycles. The summed E-state index contributed by atoms with van der Waals surface area (Å²) in [7, 11) is 0. The molecule has 0 saturated carbocycles. The Kier molecular flexibility index (Phi) is 2.61. The lowest BCUT2D eigenvalue weighted by Crippen LogP contribution is -2.58. The predicted octanol–water partition coefficient (Wildman–Crippen LogP) is 2.37. The maximum Gasteiger partial charge on any atom is 0.0472 e. The van der Waals surface area contributed by atoms with Gasteiger partial charge in [-0.3, -0.25) is 4.90 Å². The Morgan fingerprint density at radius 1 is 1.21 bits per heavy atom. The van der Waals surface area contributed by atoms with Crippen molar-refractivity contribution >= 4 is 5.69 Å². The number of hydrogen-bond acceptors (Lipinski definition) is 3. The molecule has 2 fully saturated rings. The van der Waals surface area contributed by atoms with E-state index in [1.165, 1.54) is 49.9 Å². The van der Waals surface area contributed by atoms with Gasteiger partial charge in [-0.2, -0.15) is 0 Å². The summed E-state index contributed by atoms with van der Waals surface area (Å²) in [4.78, 5) is 2.67. The lowest BCUT2D eigenvalue weighted by Gasteiger charge is -2.54. The molecular weight excluding hydrogens is 236 g/mol. The highest BCUT2D eigenvalue weighted by Crippen LogP contribution is 2.47. The number of nitrogens with zero attached hydrogens (tertiary/aromatic N) is 1. The quantitative estimate of drug-likeness (QED) is 0.786. The van der Waals surface area contributed by atoms with Crippen LogP contribution in [0.25, 0.3) is 0 Å². The Morgan fingerprint density at radius 3 is 2.79 bits per heavy atom. The van der Waals surface area contributed by atoms with Crippen molar-refractivity contribution in [1.29, 1.82) is 0 Å². The average molecular weight is 258 g/mol. The molecule has 0 radical (unpaired) electrons. The summed E-state index contributed by atoms with van der Waals surface area (Å²) in [5, 5.41) is 0. The van der Waals surface area contributed by atoms with Gasteiger partial charge in [-0.1, -0.05) is 6.07 Å². The molecule has 2 heterocycles. The minimum Gasteiger partial charge on any atom is -0.399 e. The molecular formula is C16H22N2O. The van der Waals surface area contributed by atoms with E-state index in [9.17, 15) is 0 Å². The van der Waals surface area contributed by atoms with Gasteiger partial charge in [0.2, 0.25) is 0 Å². The summed E-state index contributed by atoms with van der Waals surface area (Å²) in [6, 6.07) is 7.11. The molecule has 0 aromatic heterocycles. The third-order valence-electron chi connectivity index (χ3n) is 5.28.